The number of alkyl halides is 2. The van der Waals surface area contributed by atoms with E-state index in [9.17, 15) is 35.9 Å². The molecule has 12 nitrogen and oxygen atoms in total. The number of benzene rings is 2. The summed E-state index contributed by atoms with van der Waals surface area (Å²) >= 11 is 6.58. The van der Waals surface area contributed by atoms with Crippen LogP contribution < -0.4 is 15.8 Å². The molecule has 0 fully saturated rings. The number of nitrogen functional groups attached to an aromatic ring is 1. The van der Waals surface area contributed by atoms with E-state index in [1.807, 2.05) is 13.8 Å². The average molecular weight is 803 g/mol. The third kappa shape index (κ3) is 9.21. The fraction of sp³-hybridized carbons (Fsp3) is 0.351. The van der Waals surface area contributed by atoms with Crippen LogP contribution in [0.25, 0.3) is 22.0 Å². The normalized spacial score (nSPS) is 14.0. The van der Waals surface area contributed by atoms with Crippen molar-refractivity contribution in [2.75, 3.05) is 16.7 Å². The van der Waals surface area contributed by atoms with Crippen molar-refractivity contribution in [3.05, 3.63) is 87.3 Å². The molecule has 0 aliphatic heterocycles. The number of pyridine rings is 1. The Bertz CT molecular complexity index is 2450. The number of aromatic nitrogens is 5. The van der Waals surface area contributed by atoms with Crippen LogP contribution in [0.2, 0.25) is 5.02 Å². The second-order valence-corrected chi connectivity index (χ2v) is 15.4. The molecule has 0 saturated carbocycles. The number of amides is 1. The Balaban J connectivity index is 0.00000285. The molecule has 0 spiro atoms. The number of carbonyl (C=O) groups is 1. The molecular formula is C37H39ClF4N8O4S. The lowest BCUT2D eigenvalue weighted by atomic mass is 9.93. The quantitative estimate of drug-likeness (QED) is 0.104. The third-order valence-corrected chi connectivity index (χ3v) is 9.25. The van der Waals surface area contributed by atoms with Gasteiger partial charge in [0.2, 0.25) is 15.9 Å². The zero-order chi connectivity index (χ0) is 40.6. The highest BCUT2D eigenvalue weighted by molar-refractivity contribution is 7.92. The topological polar surface area (TPSA) is 170 Å². The maximum atomic E-state index is 14.9. The van der Waals surface area contributed by atoms with Crippen LogP contribution in [-0.4, -0.2) is 55.8 Å². The maximum Gasteiger partial charge on any atom is 0.290 e. The summed E-state index contributed by atoms with van der Waals surface area (Å²) in [6, 6.07) is 7.93. The molecule has 292 valence electrons. The van der Waals surface area contributed by atoms with E-state index >= 15 is 0 Å². The second-order valence-electron chi connectivity index (χ2n) is 13.3. The zero-order valence-corrected chi connectivity index (χ0v) is 32.3. The summed E-state index contributed by atoms with van der Waals surface area (Å²) < 4.78 is 87.7. The molecule has 1 aliphatic carbocycles. The van der Waals surface area contributed by atoms with Gasteiger partial charge in [0.15, 0.2) is 5.82 Å². The van der Waals surface area contributed by atoms with Crippen molar-refractivity contribution in [3.63, 3.8) is 0 Å². The predicted octanol–water partition coefficient (Wildman–Crippen LogP) is 6.00. The second kappa shape index (κ2) is 15.5. The Morgan fingerprint density at radius 1 is 1.11 bits per heavy atom. The molecule has 2 aromatic carbocycles. The molecule has 3 heterocycles. The van der Waals surface area contributed by atoms with Gasteiger partial charge in [0.1, 0.15) is 41.0 Å². The first kappa shape index (κ1) is 41.0. The van der Waals surface area contributed by atoms with Crippen LogP contribution >= 0.6 is 11.6 Å². The average Bonchev–Trinajstić information content (AvgIpc) is 3.69. The van der Waals surface area contributed by atoms with E-state index in [-0.39, 0.29) is 57.4 Å². The number of hydrogen-bond acceptors (Lipinski definition) is 8. The van der Waals surface area contributed by atoms with Crippen molar-refractivity contribution in [1.29, 1.82) is 0 Å². The SMILES string of the molecule is CC.Cn1nc(NS(C)(=O)=O)c2c(Cl)ccc(-c3ccc(C#CC(C)(C)O)nc3C(Cc3cc(F)cc(F)c3)NC(=O)Cn3nc(N)c4c3C(F)(F)CC4)c21. The molecule has 5 aromatic rings. The molecule has 18 heteroatoms. The summed E-state index contributed by atoms with van der Waals surface area (Å²) in [6.07, 6.45) is 0.203. The number of nitrogens with zero attached hydrogens (tertiary/aromatic N) is 5. The van der Waals surface area contributed by atoms with Gasteiger partial charge < -0.3 is 16.2 Å². The summed E-state index contributed by atoms with van der Waals surface area (Å²) in [4.78, 5) is 18.5. The van der Waals surface area contributed by atoms with Crippen LogP contribution in [0.3, 0.4) is 0 Å². The highest BCUT2D eigenvalue weighted by atomic mass is 35.5. The van der Waals surface area contributed by atoms with Crippen LogP contribution in [0.1, 0.15) is 68.4 Å². The monoisotopic (exact) mass is 802 g/mol. The van der Waals surface area contributed by atoms with Gasteiger partial charge in [-0.1, -0.05) is 37.4 Å². The van der Waals surface area contributed by atoms with Crippen molar-refractivity contribution in [2.45, 2.75) is 71.1 Å². The summed E-state index contributed by atoms with van der Waals surface area (Å²) in [5, 5.41) is 21.8. The molecule has 3 aromatic heterocycles. The van der Waals surface area contributed by atoms with Gasteiger partial charge >= 0.3 is 0 Å². The van der Waals surface area contributed by atoms with E-state index in [4.69, 9.17) is 22.3 Å². The van der Waals surface area contributed by atoms with E-state index in [0.717, 1.165) is 23.1 Å². The van der Waals surface area contributed by atoms with Crippen LogP contribution in [0.15, 0.2) is 42.5 Å². The molecule has 0 bridgehead atoms. The Morgan fingerprint density at radius 3 is 2.40 bits per heavy atom. The lowest BCUT2D eigenvalue weighted by Gasteiger charge is -2.23. The molecule has 1 unspecified atom stereocenters. The minimum Gasteiger partial charge on any atom is -0.382 e. The van der Waals surface area contributed by atoms with Crippen LogP contribution in [0.5, 0.6) is 0 Å². The van der Waals surface area contributed by atoms with E-state index < -0.39 is 63.8 Å². The smallest absolute Gasteiger partial charge is 0.290 e. The van der Waals surface area contributed by atoms with Gasteiger partial charge in [-0.25, -0.2) is 22.2 Å². The number of aryl methyl sites for hydroxylation is 1. The molecule has 1 amide bonds. The third-order valence-electron chi connectivity index (χ3n) is 8.37. The highest BCUT2D eigenvalue weighted by Crippen LogP contribution is 2.44. The van der Waals surface area contributed by atoms with Gasteiger partial charge in [0, 0.05) is 36.2 Å². The number of fused-ring (bicyclic) bond motifs is 2. The largest absolute Gasteiger partial charge is 0.382 e. The number of anilines is 2. The molecule has 6 rings (SSSR count). The lowest BCUT2D eigenvalue weighted by Crippen LogP contribution is -2.35. The number of carbonyl (C=O) groups excluding carboxylic acids is 1. The van der Waals surface area contributed by atoms with Crippen molar-refractivity contribution in [1.82, 2.24) is 29.9 Å². The number of aliphatic hydroxyl groups is 1. The molecule has 1 atom stereocenters. The zero-order valence-electron chi connectivity index (χ0n) is 30.7. The Labute approximate surface area is 320 Å². The maximum absolute atomic E-state index is 14.9. The number of rotatable bonds is 9. The fourth-order valence-corrected chi connectivity index (χ4v) is 7.08. The van der Waals surface area contributed by atoms with E-state index in [0.29, 0.717) is 22.7 Å². The van der Waals surface area contributed by atoms with E-state index in [1.54, 1.807) is 25.2 Å². The van der Waals surface area contributed by atoms with Crippen LogP contribution in [-0.2, 0) is 47.2 Å². The molecule has 1 aliphatic rings. The first-order valence-corrected chi connectivity index (χ1v) is 19.3. The number of halogens is 5. The summed E-state index contributed by atoms with van der Waals surface area (Å²) in [5.41, 5.74) is 5.67. The van der Waals surface area contributed by atoms with Crippen molar-refractivity contribution >= 4 is 50.1 Å². The number of nitrogens with two attached hydrogens (primary N) is 1. The lowest BCUT2D eigenvalue weighted by molar-refractivity contribution is -0.122. The predicted molar refractivity (Wildman–Crippen MR) is 202 cm³/mol. The first-order chi connectivity index (χ1) is 25.7. The molecular weight excluding hydrogens is 764 g/mol. The molecule has 5 N–H and O–H groups in total. The van der Waals surface area contributed by atoms with Gasteiger partial charge in [0.25, 0.3) is 5.92 Å². The van der Waals surface area contributed by atoms with Crippen molar-refractivity contribution < 1.29 is 35.9 Å². The molecule has 0 saturated heterocycles. The van der Waals surface area contributed by atoms with Gasteiger partial charge in [-0.05, 0) is 68.5 Å². The fourth-order valence-electron chi connectivity index (χ4n) is 6.34. The van der Waals surface area contributed by atoms with Gasteiger partial charge in [-0.2, -0.15) is 19.0 Å². The van der Waals surface area contributed by atoms with Crippen molar-refractivity contribution in [2.24, 2.45) is 7.05 Å². The Morgan fingerprint density at radius 2 is 1.76 bits per heavy atom. The number of sulfonamides is 1. The highest BCUT2D eigenvalue weighted by Gasteiger charge is 2.45. The van der Waals surface area contributed by atoms with Gasteiger partial charge in [-0.3, -0.25) is 18.9 Å². The Hall–Kier alpha value is -5.18. The van der Waals surface area contributed by atoms with Gasteiger partial charge in [-0.15, -0.1) is 0 Å². The molecule has 55 heavy (non-hydrogen) atoms. The summed E-state index contributed by atoms with van der Waals surface area (Å²) in [6.45, 7) is 6.26. The number of hydrogen-bond donors (Lipinski definition) is 4. The summed E-state index contributed by atoms with van der Waals surface area (Å²) in [5.74, 6) is -0.545. The summed E-state index contributed by atoms with van der Waals surface area (Å²) in [7, 11) is -2.23. The first-order valence-electron chi connectivity index (χ1n) is 17.1. The van der Waals surface area contributed by atoms with E-state index in [1.165, 1.54) is 24.6 Å². The number of nitrogens with one attached hydrogen (secondary N) is 2. The van der Waals surface area contributed by atoms with Crippen molar-refractivity contribution in [3.8, 4) is 23.0 Å². The van der Waals surface area contributed by atoms with E-state index in [2.05, 4.69) is 32.1 Å². The van der Waals surface area contributed by atoms with Crippen LogP contribution in [0, 0.1) is 23.5 Å². The minimum atomic E-state index is -3.79. The molecule has 0 radical (unpaired) electrons. The minimum absolute atomic E-state index is 0.0136. The Kier molecular flexibility index (Phi) is 11.6. The van der Waals surface area contributed by atoms with Crippen LogP contribution in [0.4, 0.5) is 29.2 Å². The van der Waals surface area contributed by atoms with Gasteiger partial charge in [0.05, 0.1) is 33.9 Å². The standard InChI is InChI=1S/C35H33ClF4N8O4S.C2H6/c1-34(2,50)11-9-21-5-6-22(23-7-8-25(36)28-30(23)47(3)45-33(28)46-53(4,51)52)29(42-21)26(15-18-13-19(37)16-20(38)14-18)43-27(49)17-48-31-24(32(41)44-48)10-12-35(31,39)40;1-2/h5-8,13-14,16,26,50H,10,12,15,17H2,1-4H3,(H2,41,44)(H,43,49)(H,45,46);1-2H3.